The largest absolute Gasteiger partial charge is 0.375 e. The summed E-state index contributed by atoms with van der Waals surface area (Å²) in [4.78, 5) is 6.69. The fourth-order valence-corrected chi connectivity index (χ4v) is 6.13. The summed E-state index contributed by atoms with van der Waals surface area (Å²) in [5, 5.41) is 0. The summed E-state index contributed by atoms with van der Waals surface area (Å²) in [5.74, 6) is 1.08. The van der Waals surface area contributed by atoms with Gasteiger partial charge >= 0.3 is 0 Å². The summed E-state index contributed by atoms with van der Waals surface area (Å²) < 4.78 is 6.29. The van der Waals surface area contributed by atoms with Crippen LogP contribution in [0.1, 0.15) is 30.0 Å². The molecule has 32 heavy (non-hydrogen) atoms. The Morgan fingerprint density at radius 3 is 2.31 bits per heavy atom. The predicted octanol–water partition coefficient (Wildman–Crippen LogP) is 6.02. The first-order valence-electron chi connectivity index (χ1n) is 11.8. The molecule has 0 saturated carbocycles. The summed E-state index contributed by atoms with van der Waals surface area (Å²) in [6.07, 6.45) is 2.59. The fraction of sp³-hybridized carbons (Fsp3) is 0.357. The maximum absolute atomic E-state index is 6.29. The van der Waals surface area contributed by atoms with Crippen molar-refractivity contribution in [2.24, 2.45) is 0 Å². The van der Waals surface area contributed by atoms with Gasteiger partial charge in [0.15, 0.2) is 0 Å². The van der Waals surface area contributed by atoms with Gasteiger partial charge < -0.3 is 9.64 Å². The second kappa shape index (κ2) is 10.6. The van der Waals surface area contributed by atoms with Crippen LogP contribution in [0.5, 0.6) is 0 Å². The first kappa shape index (κ1) is 21.6. The highest BCUT2D eigenvalue weighted by Crippen LogP contribution is 2.43. The second-order valence-electron chi connectivity index (χ2n) is 8.76. The number of hydrogen-bond acceptors (Lipinski definition) is 4. The molecule has 0 radical (unpaired) electrons. The van der Waals surface area contributed by atoms with Crippen molar-refractivity contribution < 1.29 is 4.74 Å². The third-order valence-corrected chi connectivity index (χ3v) is 7.76. The van der Waals surface area contributed by atoms with Crippen LogP contribution in [0, 0.1) is 0 Å². The van der Waals surface area contributed by atoms with E-state index in [1.54, 1.807) is 0 Å². The number of para-hydroxylation sites is 1. The van der Waals surface area contributed by atoms with Gasteiger partial charge in [-0.1, -0.05) is 72.8 Å². The number of thioether (sulfide) groups is 1. The highest BCUT2D eigenvalue weighted by atomic mass is 32.2. The highest BCUT2D eigenvalue weighted by molar-refractivity contribution is 7.99. The lowest BCUT2D eigenvalue weighted by Crippen LogP contribution is -2.48. The molecule has 3 aromatic rings. The first-order valence-corrected chi connectivity index (χ1v) is 12.8. The Kier molecular flexibility index (Phi) is 7.12. The van der Waals surface area contributed by atoms with Gasteiger partial charge in [-0.25, -0.2) is 0 Å². The smallest absolute Gasteiger partial charge is 0.0717 e. The van der Waals surface area contributed by atoms with Gasteiger partial charge in [-0.2, -0.15) is 0 Å². The number of rotatable bonds is 8. The molecular formula is C28H32N2OS. The number of anilines is 1. The van der Waals surface area contributed by atoms with Gasteiger partial charge in [0.1, 0.15) is 0 Å². The van der Waals surface area contributed by atoms with Crippen LogP contribution in [-0.4, -0.2) is 42.9 Å². The normalized spacial score (nSPS) is 19.6. The van der Waals surface area contributed by atoms with Crippen LogP contribution >= 0.6 is 11.8 Å². The zero-order chi connectivity index (χ0) is 21.6. The van der Waals surface area contributed by atoms with Crippen LogP contribution in [0.2, 0.25) is 0 Å². The SMILES string of the molecule is c1ccc(COCC(CN2c3ccccc3SCC2c2ccccc2)N2CCCC2)cc1. The summed E-state index contributed by atoms with van der Waals surface area (Å²) in [7, 11) is 0. The van der Waals surface area contributed by atoms with E-state index in [0.29, 0.717) is 18.7 Å². The minimum absolute atomic E-state index is 0.385. The maximum Gasteiger partial charge on any atom is 0.0717 e. The van der Waals surface area contributed by atoms with E-state index in [4.69, 9.17) is 4.74 Å². The van der Waals surface area contributed by atoms with Gasteiger partial charge in [0.25, 0.3) is 0 Å². The molecule has 5 rings (SSSR count). The third kappa shape index (κ3) is 5.03. The van der Waals surface area contributed by atoms with E-state index in [1.165, 1.54) is 47.6 Å². The molecule has 0 aliphatic carbocycles. The summed E-state index contributed by atoms with van der Waals surface area (Å²) in [6, 6.07) is 31.2. The summed E-state index contributed by atoms with van der Waals surface area (Å²) in [5.41, 5.74) is 4.01. The van der Waals surface area contributed by atoms with Crippen molar-refractivity contribution in [2.45, 2.75) is 36.4 Å². The molecule has 0 N–H and O–H groups in total. The van der Waals surface area contributed by atoms with Crippen LogP contribution in [0.4, 0.5) is 5.69 Å². The van der Waals surface area contributed by atoms with E-state index >= 15 is 0 Å². The Balaban J connectivity index is 1.37. The molecule has 2 aliphatic rings. The Morgan fingerprint density at radius 1 is 0.844 bits per heavy atom. The molecule has 1 saturated heterocycles. The zero-order valence-electron chi connectivity index (χ0n) is 18.6. The van der Waals surface area contributed by atoms with Gasteiger partial charge in [-0.15, -0.1) is 11.8 Å². The van der Waals surface area contributed by atoms with Gasteiger partial charge in [0.05, 0.1) is 31.0 Å². The van der Waals surface area contributed by atoms with E-state index in [-0.39, 0.29) is 0 Å². The molecule has 4 heteroatoms. The lowest BCUT2D eigenvalue weighted by atomic mass is 10.0. The maximum atomic E-state index is 6.29. The lowest BCUT2D eigenvalue weighted by Gasteiger charge is -2.42. The Bertz CT molecular complexity index is 975. The van der Waals surface area contributed by atoms with E-state index in [9.17, 15) is 0 Å². The van der Waals surface area contributed by atoms with Crippen LogP contribution in [0.3, 0.4) is 0 Å². The van der Waals surface area contributed by atoms with Crippen molar-refractivity contribution in [2.75, 3.05) is 36.9 Å². The summed E-state index contributed by atoms with van der Waals surface area (Å²) in [6.45, 7) is 4.80. The molecule has 2 aliphatic heterocycles. The average molecular weight is 445 g/mol. The topological polar surface area (TPSA) is 15.7 Å². The summed E-state index contributed by atoms with van der Waals surface area (Å²) >= 11 is 1.98. The molecular weight excluding hydrogens is 412 g/mol. The average Bonchev–Trinajstić information content (AvgIpc) is 3.40. The van der Waals surface area contributed by atoms with E-state index in [2.05, 4.69) is 94.7 Å². The van der Waals surface area contributed by atoms with Crippen LogP contribution in [0.25, 0.3) is 0 Å². The van der Waals surface area contributed by atoms with Gasteiger partial charge in [-0.3, -0.25) is 4.90 Å². The minimum atomic E-state index is 0.385. The number of benzene rings is 3. The quantitative estimate of drug-likeness (QED) is 0.422. The Labute approximate surface area is 196 Å². The molecule has 2 heterocycles. The second-order valence-corrected chi connectivity index (χ2v) is 9.82. The molecule has 2 atom stereocenters. The molecule has 0 bridgehead atoms. The predicted molar refractivity (Wildman–Crippen MR) is 134 cm³/mol. The number of likely N-dealkylation sites (tertiary alicyclic amines) is 1. The number of hydrogen-bond donors (Lipinski definition) is 0. The first-order chi connectivity index (χ1) is 15.9. The molecule has 3 aromatic carbocycles. The molecule has 0 amide bonds. The Morgan fingerprint density at radius 2 is 1.53 bits per heavy atom. The standard InChI is InChI=1S/C28H32N2OS/c1-3-11-23(12-4-1)20-31-21-25(29-17-9-10-18-29)19-30-26-15-7-8-16-28(26)32-22-27(30)24-13-5-2-6-14-24/h1-8,11-16,25,27H,9-10,17-22H2. The number of ether oxygens (including phenoxy) is 1. The minimum Gasteiger partial charge on any atom is -0.375 e. The molecule has 166 valence electrons. The fourth-order valence-electron chi connectivity index (χ4n) is 4.91. The number of fused-ring (bicyclic) bond motifs is 1. The van der Waals surface area contributed by atoms with Crippen molar-refractivity contribution >= 4 is 17.4 Å². The van der Waals surface area contributed by atoms with E-state index in [1.807, 2.05) is 11.8 Å². The third-order valence-electron chi connectivity index (χ3n) is 6.62. The molecule has 0 spiro atoms. The molecule has 3 nitrogen and oxygen atoms in total. The van der Waals surface area contributed by atoms with Crippen molar-refractivity contribution in [3.05, 3.63) is 96.1 Å². The van der Waals surface area contributed by atoms with Crippen molar-refractivity contribution in [3.63, 3.8) is 0 Å². The van der Waals surface area contributed by atoms with Gasteiger partial charge in [0.2, 0.25) is 0 Å². The van der Waals surface area contributed by atoms with Crippen molar-refractivity contribution in [3.8, 4) is 0 Å². The van der Waals surface area contributed by atoms with E-state index in [0.717, 1.165) is 18.9 Å². The van der Waals surface area contributed by atoms with Gasteiger partial charge in [0, 0.05) is 17.2 Å². The monoisotopic (exact) mass is 444 g/mol. The van der Waals surface area contributed by atoms with Crippen molar-refractivity contribution in [1.82, 2.24) is 4.90 Å². The molecule has 2 unspecified atom stereocenters. The highest BCUT2D eigenvalue weighted by Gasteiger charge is 2.32. The lowest BCUT2D eigenvalue weighted by molar-refractivity contribution is 0.0610. The molecule has 1 fully saturated rings. The van der Waals surface area contributed by atoms with Crippen LogP contribution in [0.15, 0.2) is 89.8 Å². The molecule has 0 aromatic heterocycles. The Hall–Kier alpha value is -2.27. The van der Waals surface area contributed by atoms with Gasteiger partial charge in [-0.05, 0) is 49.2 Å². The van der Waals surface area contributed by atoms with E-state index < -0.39 is 0 Å². The van der Waals surface area contributed by atoms with Crippen LogP contribution < -0.4 is 4.90 Å². The van der Waals surface area contributed by atoms with Crippen molar-refractivity contribution in [1.29, 1.82) is 0 Å². The zero-order valence-corrected chi connectivity index (χ0v) is 19.4. The number of nitrogens with zero attached hydrogens (tertiary/aromatic N) is 2. The van der Waals surface area contributed by atoms with Crippen LogP contribution in [-0.2, 0) is 11.3 Å².